The second kappa shape index (κ2) is 6.32. The molecule has 7 heteroatoms. The number of nitrogens with one attached hydrogen (secondary N) is 1. The van der Waals surface area contributed by atoms with Crippen LogP contribution in [0, 0.1) is 5.82 Å². The van der Waals surface area contributed by atoms with Crippen LogP contribution in [0.15, 0.2) is 30.3 Å². The second-order valence-corrected chi connectivity index (χ2v) is 6.40. The highest BCUT2D eigenvalue weighted by Gasteiger charge is 2.43. The Morgan fingerprint density at radius 1 is 1.33 bits per heavy atom. The monoisotopic (exact) mass is 335 g/mol. The van der Waals surface area contributed by atoms with E-state index in [0.717, 1.165) is 0 Å². The van der Waals surface area contributed by atoms with Gasteiger partial charge in [0.25, 0.3) is 0 Å². The topological polar surface area (TPSA) is 75.4 Å². The largest absolute Gasteiger partial charge is 0.345 e. The molecule has 0 radical (unpaired) electrons. The summed E-state index contributed by atoms with van der Waals surface area (Å²) in [5.74, 6) is -1.97. The minimum absolute atomic E-state index is 0.152. The van der Waals surface area contributed by atoms with E-state index >= 15 is 0 Å². The maximum atomic E-state index is 14.0. The zero-order chi connectivity index (χ0) is 17.3. The number of hydrogen-bond acceptors (Lipinski definition) is 3. The van der Waals surface area contributed by atoms with Gasteiger partial charge in [0.2, 0.25) is 0 Å². The molecule has 1 aliphatic carbocycles. The highest BCUT2D eigenvalue weighted by Crippen LogP contribution is 2.34. The van der Waals surface area contributed by atoms with Crippen LogP contribution in [0.5, 0.6) is 0 Å². The number of alkyl halides is 1. The molecule has 3 rings (SSSR count). The molecule has 1 aromatic carbocycles. The summed E-state index contributed by atoms with van der Waals surface area (Å²) in [7, 11) is 0. The summed E-state index contributed by atoms with van der Waals surface area (Å²) in [4.78, 5) is 25.3. The van der Waals surface area contributed by atoms with Crippen LogP contribution >= 0.6 is 0 Å². The summed E-state index contributed by atoms with van der Waals surface area (Å²) in [6.07, 6.45) is 2.08. The summed E-state index contributed by atoms with van der Waals surface area (Å²) in [5.41, 5.74) is 5.09. The normalized spacial score (nSPS) is 25.9. The molecule has 0 saturated heterocycles. The van der Waals surface area contributed by atoms with E-state index in [1.54, 1.807) is 24.3 Å². The van der Waals surface area contributed by atoms with Gasteiger partial charge in [-0.2, -0.15) is 0 Å². The van der Waals surface area contributed by atoms with Gasteiger partial charge in [-0.3, -0.25) is 9.59 Å². The molecule has 128 valence electrons. The van der Waals surface area contributed by atoms with Crippen molar-refractivity contribution in [2.24, 2.45) is 5.73 Å². The van der Waals surface area contributed by atoms with Crippen LogP contribution in [-0.2, 0) is 9.59 Å². The van der Waals surface area contributed by atoms with Crippen LogP contribution in [0.3, 0.4) is 0 Å². The average Bonchev–Trinajstić information content (AvgIpc) is 3.00. The lowest BCUT2D eigenvalue weighted by Gasteiger charge is -2.39. The third kappa shape index (κ3) is 3.31. The minimum Gasteiger partial charge on any atom is -0.345 e. The molecule has 0 unspecified atom stereocenters. The standard InChI is InChI=1S/C17H19F2N3O2/c18-14-4-2-1-3-13(14)11-5-6-22(9-11)16(24)15(23)21-10-17(19)7-12(20)8-17/h1-5,12H,6-10,20H2,(H,21,23). The molecule has 0 aromatic heterocycles. The number of nitrogens with two attached hydrogens (primary N) is 1. The van der Waals surface area contributed by atoms with E-state index in [9.17, 15) is 18.4 Å². The Morgan fingerprint density at radius 3 is 2.71 bits per heavy atom. The third-order valence-electron chi connectivity index (χ3n) is 4.44. The fourth-order valence-corrected chi connectivity index (χ4v) is 3.11. The van der Waals surface area contributed by atoms with Crippen molar-refractivity contribution in [3.63, 3.8) is 0 Å². The van der Waals surface area contributed by atoms with Gasteiger partial charge in [-0.25, -0.2) is 8.78 Å². The first-order chi connectivity index (χ1) is 11.4. The van der Waals surface area contributed by atoms with E-state index in [1.165, 1.54) is 11.0 Å². The Hall–Kier alpha value is -2.28. The van der Waals surface area contributed by atoms with Gasteiger partial charge in [-0.1, -0.05) is 24.3 Å². The van der Waals surface area contributed by atoms with Crippen LogP contribution in [0.25, 0.3) is 5.57 Å². The molecule has 24 heavy (non-hydrogen) atoms. The molecular weight excluding hydrogens is 316 g/mol. The number of carbonyl (C=O) groups excluding carboxylic acids is 2. The number of hydrogen-bond donors (Lipinski definition) is 2. The zero-order valence-corrected chi connectivity index (χ0v) is 13.1. The van der Waals surface area contributed by atoms with Crippen molar-refractivity contribution in [2.45, 2.75) is 24.6 Å². The zero-order valence-electron chi connectivity index (χ0n) is 13.1. The predicted octanol–water partition coefficient (Wildman–Crippen LogP) is 0.997. The van der Waals surface area contributed by atoms with E-state index in [0.29, 0.717) is 11.1 Å². The van der Waals surface area contributed by atoms with Gasteiger partial charge in [-0.15, -0.1) is 0 Å². The van der Waals surface area contributed by atoms with Crippen molar-refractivity contribution in [2.75, 3.05) is 19.6 Å². The summed E-state index contributed by atoms with van der Waals surface area (Å²) in [6.45, 7) is 0.160. The first-order valence-corrected chi connectivity index (χ1v) is 7.83. The number of nitrogens with zero attached hydrogens (tertiary/aromatic N) is 1. The van der Waals surface area contributed by atoms with Gasteiger partial charge in [-0.05, 0) is 24.5 Å². The van der Waals surface area contributed by atoms with Crippen LogP contribution < -0.4 is 11.1 Å². The van der Waals surface area contributed by atoms with E-state index in [1.807, 2.05) is 0 Å². The minimum atomic E-state index is -1.52. The second-order valence-electron chi connectivity index (χ2n) is 6.40. The van der Waals surface area contributed by atoms with Crippen LogP contribution in [0.4, 0.5) is 8.78 Å². The van der Waals surface area contributed by atoms with Crippen LogP contribution in [-0.4, -0.2) is 48.1 Å². The van der Waals surface area contributed by atoms with Crippen molar-refractivity contribution in [3.8, 4) is 0 Å². The van der Waals surface area contributed by atoms with Crippen molar-refractivity contribution in [1.82, 2.24) is 10.2 Å². The molecule has 1 aromatic rings. The Kier molecular flexibility index (Phi) is 4.36. The average molecular weight is 335 g/mol. The molecule has 1 saturated carbocycles. The lowest BCUT2D eigenvalue weighted by atomic mass is 9.78. The van der Waals surface area contributed by atoms with Gasteiger partial charge >= 0.3 is 11.8 Å². The Bertz CT molecular complexity index is 699. The highest BCUT2D eigenvalue weighted by atomic mass is 19.1. The van der Waals surface area contributed by atoms with E-state index in [2.05, 4.69) is 5.32 Å². The fraction of sp³-hybridized carbons (Fsp3) is 0.412. The molecule has 1 fully saturated rings. The van der Waals surface area contributed by atoms with E-state index in [-0.39, 0.29) is 44.3 Å². The summed E-state index contributed by atoms with van der Waals surface area (Å²) >= 11 is 0. The molecule has 1 heterocycles. The van der Waals surface area contributed by atoms with Crippen molar-refractivity contribution >= 4 is 17.4 Å². The number of carbonyl (C=O) groups is 2. The number of benzene rings is 1. The van der Waals surface area contributed by atoms with Crippen molar-refractivity contribution < 1.29 is 18.4 Å². The quantitative estimate of drug-likeness (QED) is 0.809. The lowest BCUT2D eigenvalue weighted by Crippen LogP contribution is -2.56. The van der Waals surface area contributed by atoms with Crippen molar-refractivity contribution in [3.05, 3.63) is 41.7 Å². The molecule has 2 aliphatic rings. The van der Waals surface area contributed by atoms with Gasteiger partial charge in [0.1, 0.15) is 11.5 Å². The fourth-order valence-electron chi connectivity index (χ4n) is 3.11. The van der Waals surface area contributed by atoms with Gasteiger partial charge in [0.15, 0.2) is 0 Å². The first kappa shape index (κ1) is 16.6. The number of amides is 2. The SMILES string of the molecule is NC1CC(F)(CNC(=O)C(=O)N2CC=C(c3ccccc3F)C2)C1. The van der Waals surface area contributed by atoms with Crippen molar-refractivity contribution in [1.29, 1.82) is 0 Å². The summed E-state index contributed by atoms with van der Waals surface area (Å²) < 4.78 is 27.8. The predicted molar refractivity (Wildman–Crippen MR) is 85.0 cm³/mol. The number of halogens is 2. The Labute approximate surface area is 138 Å². The molecule has 0 atom stereocenters. The molecular formula is C17H19F2N3O2. The Balaban J connectivity index is 1.54. The molecule has 0 bridgehead atoms. The molecule has 5 nitrogen and oxygen atoms in total. The molecule has 0 spiro atoms. The van der Waals surface area contributed by atoms with E-state index < -0.39 is 17.5 Å². The van der Waals surface area contributed by atoms with Gasteiger partial charge < -0.3 is 16.0 Å². The number of rotatable bonds is 3. The summed E-state index contributed by atoms with van der Waals surface area (Å²) in [5, 5.41) is 2.33. The Morgan fingerprint density at radius 2 is 2.04 bits per heavy atom. The van der Waals surface area contributed by atoms with E-state index in [4.69, 9.17) is 5.73 Å². The van der Waals surface area contributed by atoms with Crippen LogP contribution in [0.2, 0.25) is 0 Å². The maximum Gasteiger partial charge on any atom is 0.312 e. The van der Waals surface area contributed by atoms with Crippen LogP contribution in [0.1, 0.15) is 18.4 Å². The first-order valence-electron chi connectivity index (χ1n) is 7.83. The third-order valence-corrected chi connectivity index (χ3v) is 4.44. The molecule has 2 amide bonds. The summed E-state index contributed by atoms with van der Waals surface area (Å²) in [6, 6.07) is 6.08. The highest BCUT2D eigenvalue weighted by molar-refractivity contribution is 6.35. The molecule has 3 N–H and O–H groups in total. The lowest BCUT2D eigenvalue weighted by molar-refractivity contribution is -0.145. The van der Waals surface area contributed by atoms with Gasteiger partial charge in [0.05, 0.1) is 6.54 Å². The smallest absolute Gasteiger partial charge is 0.312 e. The molecule has 1 aliphatic heterocycles. The van der Waals surface area contributed by atoms with Gasteiger partial charge in [0, 0.05) is 24.7 Å². The maximum absolute atomic E-state index is 14.0.